The molecule has 2 aromatic heterocycles. The predicted molar refractivity (Wildman–Crippen MR) is 83.9 cm³/mol. The Hall–Kier alpha value is -1.86. The number of nitrogens with zero attached hydrogens (tertiary/aromatic N) is 1. The van der Waals surface area contributed by atoms with Crippen molar-refractivity contribution in [3.8, 4) is 0 Å². The van der Waals surface area contributed by atoms with E-state index < -0.39 is 5.97 Å². The van der Waals surface area contributed by atoms with Crippen molar-refractivity contribution in [3.05, 3.63) is 41.4 Å². The van der Waals surface area contributed by atoms with E-state index in [4.69, 9.17) is 0 Å². The maximum absolute atomic E-state index is 11.9. The predicted octanol–water partition coefficient (Wildman–Crippen LogP) is 3.05. The van der Waals surface area contributed by atoms with Crippen LogP contribution in [-0.4, -0.2) is 29.7 Å². The standard InChI is InChI=1S/C14H14N2O3S2/c1-19-14(18)10-5-8-21-13(10)16-11(17)6-9-20-12-4-2-3-7-15-12/h2-5,7-8H,6,9H2,1H3,(H,16,17). The van der Waals surface area contributed by atoms with E-state index >= 15 is 0 Å². The number of methoxy groups -OCH3 is 1. The topological polar surface area (TPSA) is 68.3 Å². The number of thioether (sulfide) groups is 1. The third-order valence-electron chi connectivity index (χ3n) is 2.54. The molecule has 21 heavy (non-hydrogen) atoms. The lowest BCUT2D eigenvalue weighted by molar-refractivity contribution is -0.115. The van der Waals surface area contributed by atoms with Crippen LogP contribution in [0.5, 0.6) is 0 Å². The fourth-order valence-electron chi connectivity index (χ4n) is 1.55. The summed E-state index contributed by atoms with van der Waals surface area (Å²) < 4.78 is 4.66. The quantitative estimate of drug-likeness (QED) is 0.654. The first-order chi connectivity index (χ1) is 10.2. The fourth-order valence-corrected chi connectivity index (χ4v) is 3.14. The van der Waals surface area contributed by atoms with Crippen molar-refractivity contribution < 1.29 is 14.3 Å². The number of carbonyl (C=O) groups is 2. The van der Waals surface area contributed by atoms with Gasteiger partial charge in [0.05, 0.1) is 17.7 Å². The Bertz CT molecular complexity index is 614. The molecule has 1 amide bonds. The van der Waals surface area contributed by atoms with Gasteiger partial charge in [-0.1, -0.05) is 6.07 Å². The summed E-state index contributed by atoms with van der Waals surface area (Å²) in [6.07, 6.45) is 2.07. The summed E-state index contributed by atoms with van der Waals surface area (Å²) in [4.78, 5) is 27.5. The van der Waals surface area contributed by atoms with Crippen molar-refractivity contribution in [2.45, 2.75) is 11.4 Å². The van der Waals surface area contributed by atoms with Crippen LogP contribution in [0.4, 0.5) is 5.00 Å². The second-order valence-electron chi connectivity index (χ2n) is 3.97. The van der Waals surface area contributed by atoms with E-state index in [1.807, 2.05) is 18.2 Å². The van der Waals surface area contributed by atoms with E-state index in [0.717, 1.165) is 5.03 Å². The monoisotopic (exact) mass is 322 g/mol. The van der Waals surface area contributed by atoms with Gasteiger partial charge < -0.3 is 10.1 Å². The summed E-state index contributed by atoms with van der Waals surface area (Å²) in [5.41, 5.74) is 0.383. The number of carbonyl (C=O) groups excluding carboxylic acids is 2. The van der Waals surface area contributed by atoms with Crippen LogP contribution < -0.4 is 5.32 Å². The zero-order valence-electron chi connectivity index (χ0n) is 11.4. The van der Waals surface area contributed by atoms with Crippen LogP contribution in [0.3, 0.4) is 0 Å². The number of pyridine rings is 1. The van der Waals surface area contributed by atoms with Gasteiger partial charge in [-0.2, -0.15) is 0 Å². The van der Waals surface area contributed by atoms with Gasteiger partial charge in [0, 0.05) is 18.4 Å². The molecule has 0 aliphatic rings. The minimum Gasteiger partial charge on any atom is -0.465 e. The lowest BCUT2D eigenvalue weighted by Gasteiger charge is -2.05. The van der Waals surface area contributed by atoms with Gasteiger partial charge in [-0.3, -0.25) is 4.79 Å². The average molecular weight is 322 g/mol. The summed E-state index contributed by atoms with van der Waals surface area (Å²) in [5.74, 6) is 0.0438. The molecule has 0 unspecified atom stereocenters. The molecule has 0 saturated carbocycles. The molecule has 0 radical (unpaired) electrons. The Balaban J connectivity index is 1.82. The lowest BCUT2D eigenvalue weighted by Crippen LogP contribution is -2.14. The number of hydrogen-bond donors (Lipinski definition) is 1. The second kappa shape index (κ2) is 7.80. The SMILES string of the molecule is COC(=O)c1ccsc1NC(=O)CCSc1ccccn1. The molecule has 0 fully saturated rings. The Morgan fingerprint density at radius 1 is 1.38 bits per heavy atom. The number of amides is 1. The number of anilines is 1. The Morgan fingerprint density at radius 2 is 2.24 bits per heavy atom. The highest BCUT2D eigenvalue weighted by Gasteiger charge is 2.15. The van der Waals surface area contributed by atoms with Crippen LogP contribution in [0, 0.1) is 0 Å². The number of esters is 1. The molecular formula is C14H14N2O3S2. The van der Waals surface area contributed by atoms with E-state index in [1.54, 1.807) is 17.6 Å². The zero-order valence-corrected chi connectivity index (χ0v) is 13.0. The van der Waals surface area contributed by atoms with Gasteiger partial charge in [0.1, 0.15) is 5.00 Å². The molecule has 0 spiro atoms. The van der Waals surface area contributed by atoms with E-state index in [-0.39, 0.29) is 5.91 Å². The molecule has 7 heteroatoms. The van der Waals surface area contributed by atoms with Crippen LogP contribution in [0.15, 0.2) is 40.9 Å². The summed E-state index contributed by atoms with van der Waals surface area (Å²) in [5, 5.41) is 5.89. The third-order valence-corrected chi connectivity index (χ3v) is 4.32. The number of aromatic nitrogens is 1. The molecule has 2 rings (SSSR count). The molecule has 2 heterocycles. The van der Waals surface area contributed by atoms with E-state index in [0.29, 0.717) is 22.7 Å². The molecule has 110 valence electrons. The molecule has 0 atom stereocenters. The molecular weight excluding hydrogens is 308 g/mol. The maximum Gasteiger partial charge on any atom is 0.340 e. The van der Waals surface area contributed by atoms with Crippen molar-refractivity contribution in [3.63, 3.8) is 0 Å². The van der Waals surface area contributed by atoms with Gasteiger partial charge in [0.2, 0.25) is 5.91 Å². The van der Waals surface area contributed by atoms with Crippen molar-refractivity contribution in [2.75, 3.05) is 18.2 Å². The Kier molecular flexibility index (Phi) is 5.77. The first-order valence-electron chi connectivity index (χ1n) is 6.20. The summed E-state index contributed by atoms with van der Waals surface area (Å²) in [6, 6.07) is 7.29. The molecule has 0 aliphatic heterocycles. The Morgan fingerprint density at radius 3 is 2.95 bits per heavy atom. The molecule has 0 aliphatic carbocycles. The van der Waals surface area contributed by atoms with Gasteiger partial charge in [0.25, 0.3) is 0 Å². The number of hydrogen-bond acceptors (Lipinski definition) is 6. The van der Waals surface area contributed by atoms with Crippen molar-refractivity contribution in [1.29, 1.82) is 0 Å². The van der Waals surface area contributed by atoms with Crippen LogP contribution in [0.2, 0.25) is 0 Å². The second-order valence-corrected chi connectivity index (χ2v) is 6.00. The number of thiophene rings is 1. The minimum atomic E-state index is -0.450. The highest BCUT2D eigenvalue weighted by Crippen LogP contribution is 2.24. The van der Waals surface area contributed by atoms with Gasteiger partial charge in [-0.25, -0.2) is 9.78 Å². The molecule has 0 bridgehead atoms. The van der Waals surface area contributed by atoms with Gasteiger partial charge in [-0.05, 0) is 23.6 Å². The summed E-state index contributed by atoms with van der Waals surface area (Å²) in [7, 11) is 1.31. The normalized spacial score (nSPS) is 10.1. The van der Waals surface area contributed by atoms with E-state index in [9.17, 15) is 9.59 Å². The molecule has 2 aromatic rings. The third kappa shape index (κ3) is 4.57. The van der Waals surface area contributed by atoms with Crippen molar-refractivity contribution >= 4 is 40.0 Å². The first kappa shape index (κ1) is 15.5. The molecule has 5 nitrogen and oxygen atoms in total. The fraction of sp³-hybridized carbons (Fsp3) is 0.214. The minimum absolute atomic E-state index is 0.133. The molecule has 1 N–H and O–H groups in total. The largest absolute Gasteiger partial charge is 0.465 e. The van der Waals surface area contributed by atoms with Gasteiger partial charge in [-0.15, -0.1) is 23.1 Å². The summed E-state index contributed by atoms with van der Waals surface area (Å²) >= 11 is 2.82. The van der Waals surface area contributed by atoms with Crippen LogP contribution in [-0.2, 0) is 9.53 Å². The van der Waals surface area contributed by atoms with Crippen molar-refractivity contribution in [2.24, 2.45) is 0 Å². The smallest absolute Gasteiger partial charge is 0.340 e. The van der Waals surface area contributed by atoms with Crippen LogP contribution >= 0.6 is 23.1 Å². The summed E-state index contributed by atoms with van der Waals surface area (Å²) in [6.45, 7) is 0. The first-order valence-corrected chi connectivity index (χ1v) is 8.06. The highest BCUT2D eigenvalue weighted by molar-refractivity contribution is 7.99. The van der Waals surface area contributed by atoms with Gasteiger partial charge >= 0.3 is 5.97 Å². The number of rotatable bonds is 6. The number of nitrogens with one attached hydrogen (secondary N) is 1. The van der Waals surface area contributed by atoms with E-state index in [2.05, 4.69) is 15.0 Å². The Labute approximate surface area is 130 Å². The highest BCUT2D eigenvalue weighted by atomic mass is 32.2. The molecule has 0 aromatic carbocycles. The van der Waals surface area contributed by atoms with Gasteiger partial charge in [0.15, 0.2) is 0 Å². The lowest BCUT2D eigenvalue weighted by atomic mass is 10.3. The van der Waals surface area contributed by atoms with E-state index in [1.165, 1.54) is 30.2 Å². The van der Waals surface area contributed by atoms with Crippen molar-refractivity contribution in [1.82, 2.24) is 4.98 Å². The van der Waals surface area contributed by atoms with Crippen LogP contribution in [0.25, 0.3) is 0 Å². The van der Waals surface area contributed by atoms with Crippen LogP contribution in [0.1, 0.15) is 16.8 Å². The zero-order chi connectivity index (χ0) is 15.1. The molecule has 0 saturated heterocycles. The number of ether oxygens (including phenoxy) is 1. The maximum atomic E-state index is 11.9. The average Bonchev–Trinajstić information content (AvgIpc) is 2.95.